The highest BCUT2D eigenvalue weighted by atomic mass is 35.5. The second kappa shape index (κ2) is 8.62. The zero-order valence-corrected chi connectivity index (χ0v) is 15.8. The van der Waals surface area contributed by atoms with Gasteiger partial charge in [-0.1, -0.05) is 29.4 Å². The molecule has 1 amide bonds. The third-order valence-corrected chi connectivity index (χ3v) is 4.81. The van der Waals surface area contributed by atoms with Crippen LogP contribution in [0.5, 0.6) is 0 Å². The van der Waals surface area contributed by atoms with E-state index in [0.717, 1.165) is 23.4 Å². The first kappa shape index (κ1) is 21.0. The standard InChI is InChI=1S/C17H14ClF3N2O3S/c1-9-3-4-10(16(25)26-2)5-13(9)23-14(24)8-27-15-12(18)6-11(7-22-15)17(19,20)21/h3-7H,8H2,1-2H3,(H,23,24). The molecule has 0 saturated carbocycles. The summed E-state index contributed by atoms with van der Waals surface area (Å²) in [5.41, 5.74) is 0.469. The molecule has 1 heterocycles. The number of carbonyl (C=O) groups excluding carboxylic acids is 2. The Morgan fingerprint density at radius 1 is 1.30 bits per heavy atom. The first-order valence-corrected chi connectivity index (χ1v) is 8.82. The van der Waals surface area contributed by atoms with Gasteiger partial charge in [-0.05, 0) is 30.7 Å². The molecule has 0 radical (unpaired) electrons. The molecule has 2 rings (SSSR count). The molecular weight excluding hydrogens is 405 g/mol. The first-order chi connectivity index (χ1) is 12.6. The number of aromatic nitrogens is 1. The van der Waals surface area contributed by atoms with Crippen LogP contribution in [0, 0.1) is 6.92 Å². The molecule has 144 valence electrons. The number of hydrogen-bond acceptors (Lipinski definition) is 5. The van der Waals surface area contributed by atoms with E-state index in [2.05, 4.69) is 15.0 Å². The normalized spacial score (nSPS) is 11.2. The van der Waals surface area contributed by atoms with E-state index in [4.69, 9.17) is 11.6 Å². The average molecular weight is 419 g/mol. The SMILES string of the molecule is COC(=O)c1ccc(C)c(NC(=O)CSc2ncc(C(F)(F)F)cc2Cl)c1. The van der Waals surface area contributed by atoms with Crippen molar-refractivity contribution in [1.29, 1.82) is 0 Å². The summed E-state index contributed by atoms with van der Waals surface area (Å²) in [5.74, 6) is -1.09. The summed E-state index contributed by atoms with van der Waals surface area (Å²) in [5, 5.41) is 2.56. The van der Waals surface area contributed by atoms with E-state index >= 15 is 0 Å². The quantitative estimate of drug-likeness (QED) is 0.568. The second-order valence-corrected chi connectivity index (χ2v) is 6.74. The number of anilines is 1. The number of thioether (sulfide) groups is 1. The van der Waals surface area contributed by atoms with Crippen molar-refractivity contribution >= 4 is 40.9 Å². The molecule has 1 aromatic heterocycles. The molecule has 0 aliphatic rings. The lowest BCUT2D eigenvalue weighted by Crippen LogP contribution is -2.16. The summed E-state index contributed by atoms with van der Waals surface area (Å²) in [4.78, 5) is 27.4. The Kier molecular flexibility index (Phi) is 6.72. The summed E-state index contributed by atoms with van der Waals surface area (Å²) in [7, 11) is 1.25. The van der Waals surface area contributed by atoms with E-state index in [0.29, 0.717) is 11.9 Å². The van der Waals surface area contributed by atoms with Gasteiger partial charge in [0.25, 0.3) is 0 Å². The monoisotopic (exact) mass is 418 g/mol. The Balaban J connectivity index is 2.04. The summed E-state index contributed by atoms with van der Waals surface area (Å²) in [6.07, 6.45) is -3.88. The highest BCUT2D eigenvalue weighted by molar-refractivity contribution is 8.00. The minimum Gasteiger partial charge on any atom is -0.465 e. The van der Waals surface area contributed by atoms with Crippen LogP contribution in [-0.2, 0) is 15.7 Å². The lowest BCUT2D eigenvalue weighted by atomic mass is 10.1. The number of hydrogen-bond donors (Lipinski definition) is 1. The van der Waals surface area contributed by atoms with Crippen molar-refractivity contribution in [3.8, 4) is 0 Å². The number of pyridine rings is 1. The Morgan fingerprint density at radius 2 is 2.00 bits per heavy atom. The van der Waals surface area contributed by atoms with Gasteiger partial charge in [0.1, 0.15) is 5.03 Å². The lowest BCUT2D eigenvalue weighted by Gasteiger charge is -2.11. The number of aryl methyl sites for hydroxylation is 1. The Bertz CT molecular complexity index is 875. The molecular formula is C17H14ClF3N2O3S. The number of alkyl halides is 3. The maximum absolute atomic E-state index is 12.6. The lowest BCUT2D eigenvalue weighted by molar-refractivity contribution is -0.137. The van der Waals surface area contributed by atoms with Gasteiger partial charge in [-0.3, -0.25) is 4.79 Å². The van der Waals surface area contributed by atoms with E-state index < -0.39 is 23.6 Å². The van der Waals surface area contributed by atoms with E-state index in [1.165, 1.54) is 13.2 Å². The van der Waals surface area contributed by atoms with Gasteiger partial charge >= 0.3 is 12.1 Å². The smallest absolute Gasteiger partial charge is 0.417 e. The highest BCUT2D eigenvalue weighted by Crippen LogP contribution is 2.33. The predicted molar refractivity (Wildman–Crippen MR) is 96.1 cm³/mol. The van der Waals surface area contributed by atoms with Crippen molar-refractivity contribution in [2.75, 3.05) is 18.2 Å². The van der Waals surface area contributed by atoms with Crippen LogP contribution in [0.2, 0.25) is 5.02 Å². The molecule has 1 aromatic carbocycles. The van der Waals surface area contributed by atoms with Crippen LogP contribution < -0.4 is 5.32 Å². The number of halogens is 4. The summed E-state index contributed by atoms with van der Waals surface area (Å²) in [6.45, 7) is 1.75. The zero-order valence-electron chi connectivity index (χ0n) is 14.2. The molecule has 0 spiro atoms. The van der Waals surface area contributed by atoms with Crippen LogP contribution in [0.1, 0.15) is 21.5 Å². The molecule has 0 atom stereocenters. The third-order valence-electron chi connectivity index (χ3n) is 3.41. The van der Waals surface area contributed by atoms with Crippen LogP contribution >= 0.6 is 23.4 Å². The summed E-state index contributed by atoms with van der Waals surface area (Å²) in [6, 6.07) is 5.46. The number of rotatable bonds is 5. The molecule has 2 aromatic rings. The second-order valence-electron chi connectivity index (χ2n) is 5.37. The van der Waals surface area contributed by atoms with Gasteiger partial charge in [-0.25, -0.2) is 9.78 Å². The van der Waals surface area contributed by atoms with E-state index in [1.54, 1.807) is 19.1 Å². The molecule has 0 aliphatic carbocycles. The largest absolute Gasteiger partial charge is 0.465 e. The number of nitrogens with one attached hydrogen (secondary N) is 1. The molecule has 27 heavy (non-hydrogen) atoms. The molecule has 0 unspecified atom stereocenters. The number of benzene rings is 1. The minimum absolute atomic E-state index is 0.111. The van der Waals surface area contributed by atoms with Gasteiger partial charge in [-0.2, -0.15) is 13.2 Å². The minimum atomic E-state index is -4.54. The van der Waals surface area contributed by atoms with Crippen LogP contribution in [0.3, 0.4) is 0 Å². The molecule has 10 heteroatoms. The Morgan fingerprint density at radius 3 is 2.59 bits per heavy atom. The number of methoxy groups -OCH3 is 1. The number of esters is 1. The molecule has 0 saturated heterocycles. The van der Waals surface area contributed by atoms with Gasteiger partial charge < -0.3 is 10.1 Å². The molecule has 0 fully saturated rings. The molecule has 5 nitrogen and oxygen atoms in total. The number of ether oxygens (including phenoxy) is 1. The number of amides is 1. The zero-order chi connectivity index (χ0) is 20.2. The topological polar surface area (TPSA) is 68.3 Å². The van der Waals surface area contributed by atoms with Crippen LogP contribution in [0.4, 0.5) is 18.9 Å². The van der Waals surface area contributed by atoms with E-state index in [-0.39, 0.29) is 21.4 Å². The molecule has 1 N–H and O–H groups in total. The number of nitrogens with zero attached hydrogens (tertiary/aromatic N) is 1. The maximum atomic E-state index is 12.6. The van der Waals surface area contributed by atoms with E-state index in [9.17, 15) is 22.8 Å². The van der Waals surface area contributed by atoms with Gasteiger partial charge in [0, 0.05) is 11.9 Å². The Labute approximate surface area is 162 Å². The van der Waals surface area contributed by atoms with Crippen LogP contribution in [0.15, 0.2) is 35.5 Å². The van der Waals surface area contributed by atoms with Crippen LogP contribution in [-0.4, -0.2) is 29.7 Å². The highest BCUT2D eigenvalue weighted by Gasteiger charge is 2.31. The van der Waals surface area contributed by atoms with Crippen LogP contribution in [0.25, 0.3) is 0 Å². The average Bonchev–Trinajstić information content (AvgIpc) is 2.61. The maximum Gasteiger partial charge on any atom is 0.417 e. The third kappa shape index (κ3) is 5.61. The van der Waals surface area contributed by atoms with Gasteiger partial charge in [-0.15, -0.1) is 0 Å². The molecule has 0 aliphatic heterocycles. The van der Waals surface area contributed by atoms with Gasteiger partial charge in [0.15, 0.2) is 0 Å². The van der Waals surface area contributed by atoms with Gasteiger partial charge in [0.2, 0.25) is 5.91 Å². The van der Waals surface area contributed by atoms with Crippen molar-refractivity contribution in [3.63, 3.8) is 0 Å². The van der Waals surface area contributed by atoms with Crippen molar-refractivity contribution < 1.29 is 27.5 Å². The molecule has 0 bridgehead atoms. The van der Waals surface area contributed by atoms with Crippen molar-refractivity contribution in [3.05, 3.63) is 52.2 Å². The van der Waals surface area contributed by atoms with Crippen molar-refractivity contribution in [2.24, 2.45) is 0 Å². The first-order valence-electron chi connectivity index (χ1n) is 7.46. The summed E-state index contributed by atoms with van der Waals surface area (Å²) >= 11 is 6.71. The fourth-order valence-corrected chi connectivity index (χ4v) is 3.00. The fraction of sp³-hybridized carbons (Fsp3) is 0.235. The number of carbonyl (C=O) groups is 2. The Hall–Kier alpha value is -2.26. The van der Waals surface area contributed by atoms with Crippen molar-refractivity contribution in [2.45, 2.75) is 18.1 Å². The van der Waals surface area contributed by atoms with Crippen molar-refractivity contribution in [1.82, 2.24) is 4.98 Å². The van der Waals surface area contributed by atoms with E-state index in [1.807, 2.05) is 0 Å². The predicted octanol–water partition coefficient (Wildman–Crippen LogP) is 4.58. The van der Waals surface area contributed by atoms with Gasteiger partial charge in [0.05, 0.1) is 29.0 Å². The fourth-order valence-electron chi connectivity index (χ4n) is 2.01. The summed E-state index contributed by atoms with van der Waals surface area (Å²) < 4.78 is 42.4.